The lowest BCUT2D eigenvalue weighted by Gasteiger charge is -2.32. The Labute approximate surface area is 157 Å². The lowest BCUT2D eigenvalue weighted by Crippen LogP contribution is -2.41. The molecule has 0 aliphatic carbocycles. The maximum absolute atomic E-state index is 13.3. The topological polar surface area (TPSA) is 27.7 Å². The van der Waals surface area contributed by atoms with Crippen LogP contribution in [0.3, 0.4) is 0 Å². The van der Waals surface area contributed by atoms with Crippen molar-refractivity contribution in [2.75, 3.05) is 0 Å². The fourth-order valence-corrected chi connectivity index (χ4v) is 2.79. The Hall–Kier alpha value is -1.63. The third-order valence-corrected chi connectivity index (χ3v) is 5.16. The highest BCUT2D eigenvalue weighted by Crippen LogP contribution is 2.37. The molecule has 1 aliphatic heterocycles. The molecule has 0 aromatic heterocycles. The van der Waals surface area contributed by atoms with E-state index in [1.807, 2.05) is 33.8 Å². The van der Waals surface area contributed by atoms with Crippen molar-refractivity contribution in [2.24, 2.45) is 0 Å². The Morgan fingerprint density at radius 3 is 2.19 bits per heavy atom. The molecular weight excluding hydrogens is 360 g/mol. The molecule has 1 heterocycles. The van der Waals surface area contributed by atoms with Gasteiger partial charge in [0.15, 0.2) is 11.6 Å². The SMILES string of the molecule is CC1(C)OB(c2ccc(OCc3ccc(F)c(F)c3)c(Cl)c2)OC1(C)C. The number of ether oxygens (including phenoxy) is 1. The van der Waals surface area contributed by atoms with Crippen LogP contribution in [0, 0.1) is 11.6 Å². The molecule has 2 aromatic carbocycles. The zero-order chi connectivity index (χ0) is 19.1. The normalized spacial score (nSPS) is 18.2. The molecule has 0 bridgehead atoms. The summed E-state index contributed by atoms with van der Waals surface area (Å²) < 4.78 is 43.8. The van der Waals surface area contributed by atoms with E-state index in [9.17, 15) is 8.78 Å². The van der Waals surface area contributed by atoms with E-state index in [1.54, 1.807) is 12.1 Å². The van der Waals surface area contributed by atoms with Crippen molar-refractivity contribution in [3.05, 3.63) is 58.6 Å². The van der Waals surface area contributed by atoms with E-state index in [1.165, 1.54) is 6.07 Å². The molecule has 7 heteroatoms. The van der Waals surface area contributed by atoms with E-state index in [2.05, 4.69) is 0 Å². The smallest absolute Gasteiger partial charge is 0.487 e. The van der Waals surface area contributed by atoms with Crippen LogP contribution in [-0.2, 0) is 15.9 Å². The number of rotatable bonds is 4. The summed E-state index contributed by atoms with van der Waals surface area (Å²) in [6, 6.07) is 8.88. The van der Waals surface area contributed by atoms with Gasteiger partial charge in [0.2, 0.25) is 0 Å². The molecule has 0 amide bonds. The zero-order valence-corrected chi connectivity index (χ0v) is 15.9. The molecule has 3 nitrogen and oxygen atoms in total. The van der Waals surface area contributed by atoms with Crippen LogP contribution in [0.2, 0.25) is 5.02 Å². The minimum atomic E-state index is -0.909. The average molecular weight is 381 g/mol. The van der Waals surface area contributed by atoms with Crippen LogP contribution in [0.4, 0.5) is 8.78 Å². The second-order valence-electron chi connectivity index (χ2n) is 7.32. The lowest BCUT2D eigenvalue weighted by atomic mass is 9.79. The second-order valence-corrected chi connectivity index (χ2v) is 7.72. The molecule has 26 heavy (non-hydrogen) atoms. The van der Waals surface area contributed by atoms with Crippen LogP contribution in [0.5, 0.6) is 5.75 Å². The van der Waals surface area contributed by atoms with Gasteiger partial charge in [-0.1, -0.05) is 23.7 Å². The predicted molar refractivity (Wildman–Crippen MR) is 97.9 cm³/mol. The summed E-state index contributed by atoms with van der Waals surface area (Å²) in [4.78, 5) is 0. The van der Waals surface area contributed by atoms with E-state index in [-0.39, 0.29) is 6.61 Å². The van der Waals surface area contributed by atoms with Crippen molar-refractivity contribution >= 4 is 24.2 Å². The van der Waals surface area contributed by atoms with Crippen molar-refractivity contribution in [3.63, 3.8) is 0 Å². The van der Waals surface area contributed by atoms with Gasteiger partial charge in [0.25, 0.3) is 0 Å². The standard InChI is InChI=1S/C19H20BClF2O3/c1-18(2)19(3,4)26-20(25-18)13-6-8-17(14(21)10-13)24-11-12-5-7-15(22)16(23)9-12/h5-10H,11H2,1-4H3. The van der Waals surface area contributed by atoms with E-state index in [0.29, 0.717) is 16.3 Å². The van der Waals surface area contributed by atoms with Crippen LogP contribution in [0.15, 0.2) is 36.4 Å². The summed E-state index contributed by atoms with van der Waals surface area (Å²) in [6.45, 7) is 8.00. The van der Waals surface area contributed by atoms with Gasteiger partial charge in [-0.05, 0) is 63.0 Å². The van der Waals surface area contributed by atoms with Crippen LogP contribution in [-0.4, -0.2) is 18.3 Å². The largest absolute Gasteiger partial charge is 0.494 e. The molecule has 0 atom stereocenters. The molecule has 0 spiro atoms. The first-order valence-electron chi connectivity index (χ1n) is 8.31. The first kappa shape index (κ1) is 19.1. The van der Waals surface area contributed by atoms with E-state index >= 15 is 0 Å². The molecule has 138 valence electrons. The van der Waals surface area contributed by atoms with E-state index < -0.39 is 30.0 Å². The summed E-state index contributed by atoms with van der Waals surface area (Å²) in [6.07, 6.45) is 0. The van der Waals surface area contributed by atoms with Crippen molar-refractivity contribution in [1.29, 1.82) is 0 Å². The fourth-order valence-electron chi connectivity index (χ4n) is 2.55. The van der Waals surface area contributed by atoms with Crippen LogP contribution in [0.1, 0.15) is 33.3 Å². The molecule has 0 N–H and O–H groups in total. The summed E-state index contributed by atoms with van der Waals surface area (Å²) in [5, 5.41) is 0.389. The first-order chi connectivity index (χ1) is 12.1. The maximum atomic E-state index is 13.3. The predicted octanol–water partition coefficient (Wildman–Crippen LogP) is 4.50. The highest BCUT2D eigenvalue weighted by molar-refractivity contribution is 6.62. The minimum Gasteiger partial charge on any atom is -0.487 e. The number of hydrogen-bond acceptors (Lipinski definition) is 3. The van der Waals surface area contributed by atoms with Crippen LogP contribution >= 0.6 is 11.6 Å². The van der Waals surface area contributed by atoms with Gasteiger partial charge in [0, 0.05) is 0 Å². The molecule has 2 aromatic rings. The third-order valence-electron chi connectivity index (χ3n) is 4.86. The fraction of sp³-hybridized carbons (Fsp3) is 0.368. The summed E-state index contributed by atoms with van der Waals surface area (Å²) in [5.41, 5.74) is 0.418. The van der Waals surface area contributed by atoms with Gasteiger partial charge in [-0.25, -0.2) is 8.78 Å². The molecule has 3 rings (SSSR count). The number of hydrogen-bond donors (Lipinski definition) is 0. The summed E-state index contributed by atoms with van der Waals surface area (Å²) >= 11 is 6.30. The Morgan fingerprint density at radius 1 is 0.962 bits per heavy atom. The average Bonchev–Trinajstić information content (AvgIpc) is 2.77. The number of benzene rings is 2. The summed E-state index contributed by atoms with van der Waals surface area (Å²) in [5.74, 6) is -1.36. The van der Waals surface area contributed by atoms with Gasteiger partial charge in [-0.15, -0.1) is 0 Å². The lowest BCUT2D eigenvalue weighted by molar-refractivity contribution is 0.00578. The van der Waals surface area contributed by atoms with E-state index in [4.69, 9.17) is 25.6 Å². The Balaban J connectivity index is 1.71. The minimum absolute atomic E-state index is 0.0761. The molecule has 1 saturated heterocycles. The highest BCUT2D eigenvalue weighted by Gasteiger charge is 2.51. The van der Waals surface area contributed by atoms with Crippen molar-refractivity contribution in [2.45, 2.75) is 45.5 Å². The van der Waals surface area contributed by atoms with Gasteiger partial charge in [0.05, 0.1) is 16.2 Å². The van der Waals surface area contributed by atoms with Gasteiger partial charge in [0.1, 0.15) is 12.4 Å². The third kappa shape index (κ3) is 3.73. The van der Waals surface area contributed by atoms with Crippen molar-refractivity contribution < 1.29 is 22.8 Å². The Bertz CT molecular complexity index is 810. The molecule has 0 saturated carbocycles. The Morgan fingerprint density at radius 2 is 1.62 bits per heavy atom. The van der Waals surface area contributed by atoms with Crippen LogP contribution < -0.4 is 10.2 Å². The molecular formula is C19H20BClF2O3. The van der Waals surface area contributed by atoms with E-state index in [0.717, 1.165) is 17.6 Å². The van der Waals surface area contributed by atoms with Gasteiger partial charge >= 0.3 is 7.12 Å². The zero-order valence-electron chi connectivity index (χ0n) is 15.1. The summed E-state index contributed by atoms with van der Waals surface area (Å²) in [7, 11) is -0.516. The van der Waals surface area contributed by atoms with Gasteiger partial charge in [-0.3, -0.25) is 0 Å². The highest BCUT2D eigenvalue weighted by atomic mass is 35.5. The van der Waals surface area contributed by atoms with Gasteiger partial charge in [-0.2, -0.15) is 0 Å². The monoisotopic (exact) mass is 380 g/mol. The number of halogens is 3. The van der Waals surface area contributed by atoms with Gasteiger partial charge < -0.3 is 14.0 Å². The van der Waals surface area contributed by atoms with Crippen LogP contribution in [0.25, 0.3) is 0 Å². The maximum Gasteiger partial charge on any atom is 0.494 e. The Kier molecular flexibility index (Phi) is 5.03. The van der Waals surface area contributed by atoms with Crippen molar-refractivity contribution in [1.82, 2.24) is 0 Å². The molecule has 1 aliphatic rings. The first-order valence-corrected chi connectivity index (χ1v) is 8.69. The molecule has 1 fully saturated rings. The molecule has 0 unspecified atom stereocenters. The second kappa shape index (κ2) is 6.84. The van der Waals surface area contributed by atoms with Crippen molar-refractivity contribution in [3.8, 4) is 5.75 Å². The molecule has 0 radical (unpaired) electrons. The quantitative estimate of drug-likeness (QED) is 0.731.